The van der Waals surface area contributed by atoms with Gasteiger partial charge in [0.2, 0.25) is 0 Å². The maximum Gasteiger partial charge on any atom is 0.414 e. The Balaban J connectivity index is 0.000000326. The number of piperazine rings is 1. The molecule has 2 aliphatic rings. The molecule has 0 unspecified atom stereocenters. The molecule has 1 saturated carbocycles. The summed E-state index contributed by atoms with van der Waals surface area (Å²) in [6.07, 6.45) is 7.46. The largest absolute Gasteiger partial charge is 0.473 e. The highest BCUT2D eigenvalue weighted by atomic mass is 16.4. The Hall–Kier alpha value is -1.86. The van der Waals surface area contributed by atoms with E-state index in [-0.39, 0.29) is 0 Å². The molecule has 7 heteroatoms. The molecule has 2 N–H and O–H groups in total. The summed E-state index contributed by atoms with van der Waals surface area (Å²) >= 11 is 0. The molecule has 0 aromatic carbocycles. The lowest BCUT2D eigenvalue weighted by Crippen LogP contribution is -2.50. The highest BCUT2D eigenvalue weighted by Crippen LogP contribution is 2.27. The van der Waals surface area contributed by atoms with Gasteiger partial charge in [-0.15, -0.1) is 0 Å². The number of carbonyl (C=O) groups is 2. The second-order valence-electron chi connectivity index (χ2n) is 6.92. The third kappa shape index (κ3) is 6.51. The van der Waals surface area contributed by atoms with Gasteiger partial charge in [0.05, 0.1) is 12.8 Å². The van der Waals surface area contributed by atoms with E-state index in [1.807, 2.05) is 6.07 Å². The van der Waals surface area contributed by atoms with Crippen LogP contribution in [0.1, 0.15) is 38.4 Å². The summed E-state index contributed by atoms with van der Waals surface area (Å²) in [6, 6.07) is 4.92. The Labute approximate surface area is 148 Å². The molecule has 1 aromatic rings. The lowest BCUT2D eigenvalue weighted by molar-refractivity contribution is -0.159. The van der Waals surface area contributed by atoms with Crippen molar-refractivity contribution < 1.29 is 24.2 Å². The quantitative estimate of drug-likeness (QED) is 0.805. The van der Waals surface area contributed by atoms with Gasteiger partial charge >= 0.3 is 11.9 Å². The minimum Gasteiger partial charge on any atom is -0.473 e. The van der Waals surface area contributed by atoms with Crippen LogP contribution >= 0.6 is 0 Å². The normalized spacial score (nSPS) is 25.0. The molecule has 1 aliphatic carbocycles. The van der Waals surface area contributed by atoms with Crippen LogP contribution in [0, 0.1) is 5.92 Å². The van der Waals surface area contributed by atoms with Gasteiger partial charge in [-0.2, -0.15) is 0 Å². The smallest absolute Gasteiger partial charge is 0.414 e. The molecule has 3 rings (SSSR count). The minimum atomic E-state index is -1.82. The molecule has 1 saturated heterocycles. The number of hydrogen-bond donors (Lipinski definition) is 2. The maximum atomic E-state index is 9.10. The maximum absolute atomic E-state index is 9.10. The number of carboxylic acids is 2. The van der Waals surface area contributed by atoms with Crippen LogP contribution in [0.3, 0.4) is 0 Å². The molecule has 0 spiro atoms. The van der Waals surface area contributed by atoms with Gasteiger partial charge in [-0.25, -0.2) is 9.59 Å². The Morgan fingerprint density at radius 2 is 1.68 bits per heavy atom. The summed E-state index contributed by atoms with van der Waals surface area (Å²) in [4.78, 5) is 23.4. The first-order valence-corrected chi connectivity index (χ1v) is 8.90. The average Bonchev–Trinajstić information content (AvgIpc) is 3.10. The van der Waals surface area contributed by atoms with Crippen molar-refractivity contribution in [3.63, 3.8) is 0 Å². The fourth-order valence-corrected chi connectivity index (χ4v) is 3.52. The van der Waals surface area contributed by atoms with Crippen LogP contribution in [0.5, 0.6) is 0 Å². The average molecular weight is 352 g/mol. The van der Waals surface area contributed by atoms with Gasteiger partial charge in [0.15, 0.2) is 0 Å². The topological polar surface area (TPSA) is 94.2 Å². The fourth-order valence-electron chi connectivity index (χ4n) is 3.52. The summed E-state index contributed by atoms with van der Waals surface area (Å²) < 4.78 is 5.44. The van der Waals surface area contributed by atoms with E-state index in [2.05, 4.69) is 22.8 Å². The number of furan rings is 1. The lowest BCUT2D eigenvalue weighted by Gasteiger charge is -2.41. The van der Waals surface area contributed by atoms with Gasteiger partial charge in [0.25, 0.3) is 0 Å². The zero-order chi connectivity index (χ0) is 18.2. The Kier molecular flexibility index (Phi) is 7.46. The minimum absolute atomic E-state index is 0.863. The van der Waals surface area contributed by atoms with Gasteiger partial charge in [0.1, 0.15) is 5.76 Å². The highest BCUT2D eigenvalue weighted by Gasteiger charge is 2.27. The van der Waals surface area contributed by atoms with E-state index in [9.17, 15) is 0 Å². The van der Waals surface area contributed by atoms with E-state index < -0.39 is 11.9 Å². The Bertz CT molecular complexity index is 518. The van der Waals surface area contributed by atoms with Gasteiger partial charge in [-0.05, 0) is 43.7 Å². The molecule has 0 atom stereocenters. The van der Waals surface area contributed by atoms with Gasteiger partial charge in [0, 0.05) is 32.2 Å². The van der Waals surface area contributed by atoms with Crippen molar-refractivity contribution in [3.8, 4) is 0 Å². The van der Waals surface area contributed by atoms with E-state index in [1.165, 1.54) is 51.9 Å². The van der Waals surface area contributed by atoms with E-state index in [0.29, 0.717) is 0 Å². The number of hydrogen-bond acceptors (Lipinski definition) is 5. The predicted molar refractivity (Wildman–Crippen MR) is 92.2 cm³/mol. The third-order valence-corrected chi connectivity index (χ3v) is 5.05. The summed E-state index contributed by atoms with van der Waals surface area (Å²) in [5.74, 6) is -1.60. The molecule has 140 valence electrons. The van der Waals surface area contributed by atoms with Crippen LogP contribution < -0.4 is 0 Å². The van der Waals surface area contributed by atoms with E-state index in [4.69, 9.17) is 24.2 Å². The van der Waals surface area contributed by atoms with E-state index >= 15 is 0 Å². The van der Waals surface area contributed by atoms with Gasteiger partial charge < -0.3 is 14.6 Å². The van der Waals surface area contributed by atoms with Crippen LogP contribution in [0.2, 0.25) is 0 Å². The Morgan fingerprint density at radius 1 is 1.08 bits per heavy atom. The van der Waals surface area contributed by atoms with Gasteiger partial charge in [-0.1, -0.05) is 6.92 Å². The molecule has 1 aliphatic heterocycles. The first-order valence-electron chi connectivity index (χ1n) is 8.90. The first-order chi connectivity index (χ1) is 12.0. The number of carboxylic acid groups (broad SMARTS) is 2. The lowest BCUT2D eigenvalue weighted by atomic mass is 9.86. The van der Waals surface area contributed by atoms with Crippen molar-refractivity contribution in [2.75, 3.05) is 26.2 Å². The van der Waals surface area contributed by atoms with Crippen LogP contribution in [-0.2, 0) is 16.1 Å². The molecule has 0 bridgehead atoms. The molecule has 2 heterocycles. The molecule has 0 amide bonds. The van der Waals surface area contributed by atoms with Crippen molar-refractivity contribution in [1.29, 1.82) is 0 Å². The zero-order valence-electron chi connectivity index (χ0n) is 14.8. The molecule has 0 radical (unpaired) electrons. The summed E-state index contributed by atoms with van der Waals surface area (Å²) in [5.41, 5.74) is 0. The van der Waals surface area contributed by atoms with Crippen molar-refractivity contribution >= 4 is 11.9 Å². The number of nitrogens with zero attached hydrogens (tertiary/aromatic N) is 2. The summed E-state index contributed by atoms with van der Waals surface area (Å²) in [5, 5.41) is 14.8. The molecule has 7 nitrogen and oxygen atoms in total. The molecular weight excluding hydrogens is 324 g/mol. The highest BCUT2D eigenvalue weighted by molar-refractivity contribution is 6.27. The van der Waals surface area contributed by atoms with Crippen molar-refractivity contribution in [2.45, 2.75) is 45.2 Å². The fraction of sp³-hybridized carbons (Fsp3) is 0.667. The first kappa shape index (κ1) is 19.5. The molecular formula is C18H28N2O5. The second kappa shape index (κ2) is 9.58. The van der Waals surface area contributed by atoms with Crippen LogP contribution in [-0.4, -0.2) is 64.2 Å². The molecule has 25 heavy (non-hydrogen) atoms. The SMILES string of the molecule is CC1CCC(N2CCN(Cc3ccco3)CC2)CC1.O=C(O)C(=O)O. The van der Waals surface area contributed by atoms with Gasteiger partial charge in [-0.3, -0.25) is 9.80 Å². The monoisotopic (exact) mass is 352 g/mol. The van der Waals surface area contributed by atoms with E-state index in [0.717, 1.165) is 24.3 Å². The van der Waals surface area contributed by atoms with Crippen LogP contribution in [0.15, 0.2) is 22.8 Å². The van der Waals surface area contributed by atoms with Crippen molar-refractivity contribution in [3.05, 3.63) is 24.2 Å². The third-order valence-electron chi connectivity index (χ3n) is 5.05. The second-order valence-corrected chi connectivity index (χ2v) is 6.92. The summed E-state index contributed by atoms with van der Waals surface area (Å²) in [7, 11) is 0. The number of aliphatic carboxylic acids is 2. The Morgan fingerprint density at radius 3 is 2.16 bits per heavy atom. The number of rotatable bonds is 3. The van der Waals surface area contributed by atoms with E-state index in [1.54, 1.807) is 6.26 Å². The molecule has 1 aromatic heterocycles. The van der Waals surface area contributed by atoms with Crippen LogP contribution in [0.25, 0.3) is 0 Å². The van der Waals surface area contributed by atoms with Crippen molar-refractivity contribution in [1.82, 2.24) is 9.80 Å². The molecule has 2 fully saturated rings. The summed E-state index contributed by atoms with van der Waals surface area (Å²) in [6.45, 7) is 8.22. The zero-order valence-corrected chi connectivity index (χ0v) is 14.8. The standard InChI is InChI=1S/C16H26N2O.C2H2O4/c1-14-4-6-15(7-5-14)18-10-8-17(9-11-18)13-16-3-2-12-19-16;3-1(4)2(5)6/h2-3,12,14-15H,4-11,13H2,1H3;(H,3,4)(H,5,6). The van der Waals surface area contributed by atoms with Crippen LogP contribution in [0.4, 0.5) is 0 Å². The predicted octanol–water partition coefficient (Wildman–Crippen LogP) is 2.13. The van der Waals surface area contributed by atoms with Crippen molar-refractivity contribution in [2.24, 2.45) is 5.92 Å².